The van der Waals surface area contributed by atoms with Crippen molar-refractivity contribution >= 4 is 29.1 Å². The summed E-state index contributed by atoms with van der Waals surface area (Å²) in [7, 11) is 0. The Morgan fingerprint density at radius 2 is 1.33 bits per heavy atom. The maximum Gasteiger partial charge on any atom is 0.278 e. The van der Waals surface area contributed by atoms with E-state index in [0.717, 1.165) is 39.8 Å². The van der Waals surface area contributed by atoms with Crippen LogP contribution >= 0.6 is 11.8 Å². The Hall–Kier alpha value is -5.28. The Labute approximate surface area is 246 Å². The highest BCUT2D eigenvalue weighted by Gasteiger charge is 2.30. The molecule has 42 heavy (non-hydrogen) atoms. The number of nitrogens with one attached hydrogen (secondary N) is 1. The number of hydrogen-bond donors (Lipinski definition) is 1. The first-order chi connectivity index (χ1) is 20.6. The van der Waals surface area contributed by atoms with E-state index in [1.165, 1.54) is 6.92 Å². The van der Waals surface area contributed by atoms with Crippen LogP contribution in [-0.2, 0) is 9.59 Å². The number of nitrogens with zero attached hydrogens (tertiary/aromatic N) is 4. The maximum atomic E-state index is 13.0. The number of amides is 1. The first-order valence-corrected chi connectivity index (χ1v) is 14.1. The molecule has 2 heterocycles. The fourth-order valence-electron chi connectivity index (χ4n) is 4.55. The van der Waals surface area contributed by atoms with Crippen molar-refractivity contribution in [1.29, 1.82) is 0 Å². The summed E-state index contributed by atoms with van der Waals surface area (Å²) in [4.78, 5) is 25.5. The second-order valence-electron chi connectivity index (χ2n) is 9.39. The number of aromatic nitrogens is 4. The Morgan fingerprint density at radius 1 is 0.762 bits per heavy atom. The summed E-state index contributed by atoms with van der Waals surface area (Å²) in [5, 5.41) is 15.4. The molecule has 0 radical (unpaired) electrons. The molecule has 0 saturated carbocycles. The van der Waals surface area contributed by atoms with Gasteiger partial charge in [-0.2, -0.15) is 5.10 Å². The highest BCUT2D eigenvalue weighted by Crippen LogP contribution is 2.41. The summed E-state index contributed by atoms with van der Waals surface area (Å²) in [6.07, 6.45) is 0. The van der Waals surface area contributed by atoms with Crippen molar-refractivity contribution in [2.24, 2.45) is 0 Å². The molecule has 2 aromatic heterocycles. The Balaban J connectivity index is 1.45. The molecular weight excluding hydrogens is 546 g/mol. The van der Waals surface area contributed by atoms with E-state index < -0.39 is 11.2 Å². The van der Waals surface area contributed by atoms with E-state index in [1.807, 2.05) is 97.1 Å². The van der Waals surface area contributed by atoms with Gasteiger partial charge in [-0.25, -0.2) is 4.68 Å². The fourth-order valence-corrected chi connectivity index (χ4v) is 5.30. The molecule has 1 N–H and O–H groups in total. The summed E-state index contributed by atoms with van der Waals surface area (Å²) in [6, 6.07) is 38.5. The van der Waals surface area contributed by atoms with Gasteiger partial charge in [0.25, 0.3) is 11.1 Å². The summed E-state index contributed by atoms with van der Waals surface area (Å²) in [6.45, 7) is 1.36. The summed E-state index contributed by atoms with van der Waals surface area (Å²) >= 11 is 0.915. The normalized spacial score (nSPS) is 11.6. The van der Waals surface area contributed by atoms with Crippen molar-refractivity contribution in [3.63, 3.8) is 0 Å². The number of carbonyl (C=O) groups is 2. The number of benzene rings is 4. The van der Waals surface area contributed by atoms with E-state index in [4.69, 9.17) is 9.52 Å². The fraction of sp³-hybridized carbons (Fsp3) is 0.0606. The number of thioether (sulfide) groups is 1. The summed E-state index contributed by atoms with van der Waals surface area (Å²) < 4.78 is 7.96. The highest BCUT2D eigenvalue weighted by atomic mass is 32.2. The molecule has 0 saturated heterocycles. The third kappa shape index (κ3) is 5.63. The summed E-state index contributed by atoms with van der Waals surface area (Å²) in [5.74, 6) is -0.594. The van der Waals surface area contributed by atoms with Gasteiger partial charge in [0.15, 0.2) is 11.0 Å². The molecule has 0 aliphatic rings. The van der Waals surface area contributed by atoms with Crippen LogP contribution in [0, 0.1) is 0 Å². The molecule has 1 unspecified atom stereocenters. The molecule has 0 fully saturated rings. The van der Waals surface area contributed by atoms with Crippen molar-refractivity contribution < 1.29 is 14.0 Å². The SMILES string of the molecule is CC(=O)C(Sc1nnc(-c2c(-c3ccccc3)c(-c3ccccc3)nn2-c2ccccc2)o1)C(=O)Nc1ccccc1. The lowest BCUT2D eigenvalue weighted by atomic mass is 9.98. The molecule has 0 aliphatic heterocycles. The van der Waals surface area contributed by atoms with Crippen LogP contribution in [0.15, 0.2) is 131 Å². The van der Waals surface area contributed by atoms with E-state index in [-0.39, 0.29) is 16.9 Å². The van der Waals surface area contributed by atoms with E-state index in [1.54, 1.807) is 28.9 Å². The van der Waals surface area contributed by atoms with E-state index in [2.05, 4.69) is 15.5 Å². The average molecular weight is 572 g/mol. The topological polar surface area (TPSA) is 103 Å². The van der Waals surface area contributed by atoms with Crippen LogP contribution in [0.2, 0.25) is 0 Å². The molecule has 0 aliphatic carbocycles. The lowest BCUT2D eigenvalue weighted by molar-refractivity contribution is -0.123. The largest absolute Gasteiger partial charge is 0.410 e. The predicted molar refractivity (Wildman–Crippen MR) is 163 cm³/mol. The molecule has 6 rings (SSSR count). The van der Waals surface area contributed by atoms with Crippen LogP contribution in [0.25, 0.3) is 39.7 Å². The standard InChI is InChI=1S/C33H25N5O3S/c1-22(39)30(31(40)34-25-18-10-4-11-19-25)42-33-36-35-32(41-33)29-27(23-14-6-2-7-15-23)28(24-16-8-3-9-17-24)37-38(29)26-20-12-5-13-21-26/h2-21,30H,1H3,(H,34,40). The predicted octanol–water partition coefficient (Wildman–Crippen LogP) is 6.94. The van der Waals surface area contributed by atoms with Gasteiger partial charge < -0.3 is 9.73 Å². The first-order valence-electron chi connectivity index (χ1n) is 13.2. The highest BCUT2D eigenvalue weighted by molar-refractivity contribution is 8.01. The van der Waals surface area contributed by atoms with E-state index in [0.29, 0.717) is 11.4 Å². The van der Waals surface area contributed by atoms with Crippen LogP contribution in [0.3, 0.4) is 0 Å². The van der Waals surface area contributed by atoms with Crippen LogP contribution in [0.1, 0.15) is 6.92 Å². The molecule has 4 aromatic carbocycles. The average Bonchev–Trinajstić information content (AvgIpc) is 3.66. The smallest absolute Gasteiger partial charge is 0.278 e. The van der Waals surface area contributed by atoms with Crippen molar-refractivity contribution in [2.45, 2.75) is 17.4 Å². The second kappa shape index (κ2) is 12.1. The number of carbonyl (C=O) groups excluding carboxylic acids is 2. The zero-order valence-electron chi connectivity index (χ0n) is 22.5. The van der Waals surface area contributed by atoms with Crippen LogP contribution in [0.5, 0.6) is 0 Å². The molecule has 0 bridgehead atoms. The minimum atomic E-state index is -1.08. The van der Waals surface area contributed by atoms with Gasteiger partial charge in [-0.3, -0.25) is 9.59 Å². The number of para-hydroxylation sites is 2. The number of anilines is 1. The lowest BCUT2D eigenvalue weighted by Gasteiger charge is -2.11. The van der Waals surface area contributed by atoms with Crippen LogP contribution in [0.4, 0.5) is 5.69 Å². The zero-order valence-corrected chi connectivity index (χ0v) is 23.4. The molecule has 8 nitrogen and oxygen atoms in total. The third-order valence-corrected chi connectivity index (χ3v) is 7.62. The maximum absolute atomic E-state index is 13.0. The van der Waals surface area contributed by atoms with Gasteiger partial charge in [-0.1, -0.05) is 97.1 Å². The van der Waals surface area contributed by atoms with Crippen molar-refractivity contribution in [3.8, 4) is 39.7 Å². The number of Topliss-reactive ketones (excluding diaryl/α,β-unsaturated/α-hetero) is 1. The quantitative estimate of drug-likeness (QED) is 0.148. The molecule has 206 valence electrons. The van der Waals surface area contributed by atoms with Crippen LogP contribution in [-0.4, -0.2) is 36.9 Å². The Morgan fingerprint density at radius 3 is 1.95 bits per heavy atom. The Bertz CT molecular complexity index is 1820. The number of hydrogen-bond acceptors (Lipinski definition) is 7. The van der Waals surface area contributed by atoms with Gasteiger partial charge in [0.1, 0.15) is 11.4 Å². The second-order valence-corrected chi connectivity index (χ2v) is 10.4. The van der Waals surface area contributed by atoms with Gasteiger partial charge in [0.2, 0.25) is 5.91 Å². The first kappa shape index (κ1) is 26.9. The number of ketones is 1. The van der Waals surface area contributed by atoms with Crippen LogP contribution < -0.4 is 5.32 Å². The zero-order chi connectivity index (χ0) is 28.9. The van der Waals surface area contributed by atoms with Crippen molar-refractivity contribution in [3.05, 3.63) is 121 Å². The van der Waals surface area contributed by atoms with Gasteiger partial charge in [-0.15, -0.1) is 10.2 Å². The van der Waals surface area contributed by atoms with Crippen molar-refractivity contribution in [2.75, 3.05) is 5.32 Å². The molecule has 0 spiro atoms. The van der Waals surface area contributed by atoms with Crippen molar-refractivity contribution in [1.82, 2.24) is 20.0 Å². The Kier molecular flexibility index (Phi) is 7.74. The summed E-state index contributed by atoms with van der Waals surface area (Å²) in [5.41, 5.74) is 5.41. The molecule has 6 aromatic rings. The molecule has 1 amide bonds. The molecular formula is C33H25N5O3S. The minimum absolute atomic E-state index is 0.0921. The van der Waals surface area contributed by atoms with Gasteiger partial charge in [0.05, 0.1) is 5.69 Å². The minimum Gasteiger partial charge on any atom is -0.410 e. The molecule has 9 heteroatoms. The van der Waals surface area contributed by atoms with E-state index in [9.17, 15) is 9.59 Å². The van der Waals surface area contributed by atoms with Gasteiger partial charge >= 0.3 is 0 Å². The lowest BCUT2D eigenvalue weighted by Crippen LogP contribution is -2.30. The number of rotatable bonds is 9. The molecule has 1 atom stereocenters. The van der Waals surface area contributed by atoms with Gasteiger partial charge in [0, 0.05) is 16.8 Å². The van der Waals surface area contributed by atoms with Gasteiger partial charge in [-0.05, 0) is 48.5 Å². The third-order valence-electron chi connectivity index (χ3n) is 6.47. The van der Waals surface area contributed by atoms with E-state index >= 15 is 0 Å². The monoisotopic (exact) mass is 571 g/mol.